The number of carbonyl (C=O) groups is 1. The molecule has 2 aromatic rings. The summed E-state index contributed by atoms with van der Waals surface area (Å²) in [6.07, 6.45) is 0. The summed E-state index contributed by atoms with van der Waals surface area (Å²) in [4.78, 5) is 11.7. The molecule has 1 unspecified atom stereocenters. The normalized spacial score (nSPS) is 12.3. The van der Waals surface area contributed by atoms with Crippen LogP contribution in [-0.2, 0) is 17.9 Å². The number of methoxy groups -OCH3 is 1. The molecule has 0 aliphatic heterocycles. The monoisotopic (exact) mass is 428 g/mol. The summed E-state index contributed by atoms with van der Waals surface area (Å²) >= 11 is -0.148. The molecule has 0 aliphatic carbocycles. The largest absolute Gasteiger partial charge is 0.496 e. The standard InChI is InChI=1S/C20H23F3N2O3S/c1-13(19(26)24-2)25-11-15-6-7-16(10-18(15)27-3)28-12-14-4-8-17(9-5-14)29-20(21,22)23/h4-10,13,25H,11-12H2,1-3H3,(H,24,26). The van der Waals surface area contributed by atoms with E-state index in [1.807, 2.05) is 6.07 Å². The van der Waals surface area contributed by atoms with Gasteiger partial charge in [-0.2, -0.15) is 13.2 Å². The molecular weight excluding hydrogens is 405 g/mol. The number of benzene rings is 2. The lowest BCUT2D eigenvalue weighted by Gasteiger charge is -2.15. The van der Waals surface area contributed by atoms with Crippen molar-refractivity contribution in [3.05, 3.63) is 53.6 Å². The van der Waals surface area contributed by atoms with Crippen molar-refractivity contribution in [3.8, 4) is 11.5 Å². The Bertz CT molecular complexity index is 814. The highest BCUT2D eigenvalue weighted by Crippen LogP contribution is 2.36. The van der Waals surface area contributed by atoms with E-state index >= 15 is 0 Å². The molecule has 0 spiro atoms. The molecule has 0 aromatic heterocycles. The second kappa shape index (κ2) is 10.4. The smallest absolute Gasteiger partial charge is 0.446 e. The molecule has 158 valence electrons. The molecule has 2 rings (SSSR count). The van der Waals surface area contributed by atoms with Crippen LogP contribution in [0.2, 0.25) is 0 Å². The number of ether oxygens (including phenoxy) is 2. The molecule has 0 radical (unpaired) electrons. The number of likely N-dealkylation sites (N-methyl/N-ethyl adjacent to an activating group) is 1. The zero-order chi connectivity index (χ0) is 21.4. The number of halogens is 3. The number of hydrogen-bond donors (Lipinski definition) is 2. The molecule has 9 heteroatoms. The fourth-order valence-corrected chi connectivity index (χ4v) is 3.03. The first kappa shape index (κ1) is 22.9. The number of alkyl halides is 3. The van der Waals surface area contributed by atoms with Gasteiger partial charge in [-0.25, -0.2) is 0 Å². The molecule has 0 bridgehead atoms. The van der Waals surface area contributed by atoms with Gasteiger partial charge < -0.3 is 20.1 Å². The lowest BCUT2D eigenvalue weighted by molar-refractivity contribution is -0.122. The maximum Gasteiger partial charge on any atom is 0.446 e. The fraction of sp³-hybridized carbons (Fsp3) is 0.350. The Hall–Kier alpha value is -2.39. The van der Waals surface area contributed by atoms with Gasteiger partial charge in [-0.3, -0.25) is 4.79 Å². The molecule has 1 amide bonds. The Balaban J connectivity index is 1.95. The number of thioether (sulfide) groups is 1. The minimum atomic E-state index is -4.30. The van der Waals surface area contributed by atoms with Crippen molar-refractivity contribution in [1.82, 2.24) is 10.6 Å². The van der Waals surface area contributed by atoms with Gasteiger partial charge in [0.15, 0.2) is 0 Å². The van der Waals surface area contributed by atoms with Crippen LogP contribution in [0.15, 0.2) is 47.4 Å². The lowest BCUT2D eigenvalue weighted by atomic mass is 10.1. The highest BCUT2D eigenvalue weighted by atomic mass is 32.2. The highest BCUT2D eigenvalue weighted by molar-refractivity contribution is 8.00. The van der Waals surface area contributed by atoms with Crippen LogP contribution in [0.1, 0.15) is 18.1 Å². The predicted molar refractivity (Wildman–Crippen MR) is 106 cm³/mol. The summed E-state index contributed by atoms with van der Waals surface area (Å²) < 4.78 is 48.2. The maximum absolute atomic E-state index is 12.4. The van der Waals surface area contributed by atoms with Crippen molar-refractivity contribution < 1.29 is 27.4 Å². The van der Waals surface area contributed by atoms with Gasteiger partial charge in [-0.15, -0.1) is 0 Å². The predicted octanol–water partition coefficient (Wildman–Crippen LogP) is 4.11. The first-order chi connectivity index (χ1) is 13.7. The zero-order valence-corrected chi connectivity index (χ0v) is 17.1. The van der Waals surface area contributed by atoms with Crippen molar-refractivity contribution in [2.75, 3.05) is 14.2 Å². The van der Waals surface area contributed by atoms with E-state index in [-0.39, 0.29) is 35.2 Å². The van der Waals surface area contributed by atoms with Gasteiger partial charge >= 0.3 is 5.51 Å². The third kappa shape index (κ3) is 7.51. The van der Waals surface area contributed by atoms with Gasteiger partial charge in [-0.05, 0) is 42.4 Å². The third-order valence-corrected chi connectivity index (χ3v) is 4.80. The number of nitrogens with one attached hydrogen (secondary N) is 2. The molecule has 2 N–H and O–H groups in total. The third-order valence-electron chi connectivity index (χ3n) is 4.06. The Kier molecular flexibility index (Phi) is 8.21. The molecular formula is C20H23F3N2O3S. The van der Waals surface area contributed by atoms with Gasteiger partial charge in [0.2, 0.25) is 5.91 Å². The summed E-state index contributed by atoms with van der Waals surface area (Å²) in [6, 6.07) is 11.0. The van der Waals surface area contributed by atoms with Gasteiger partial charge in [0.05, 0.1) is 13.2 Å². The molecule has 29 heavy (non-hydrogen) atoms. The van der Waals surface area contributed by atoms with Crippen LogP contribution >= 0.6 is 11.8 Å². The fourth-order valence-electron chi connectivity index (χ4n) is 2.49. The van der Waals surface area contributed by atoms with Crippen molar-refractivity contribution >= 4 is 17.7 Å². The molecule has 0 saturated heterocycles. The van der Waals surface area contributed by atoms with Crippen LogP contribution in [0.3, 0.4) is 0 Å². The summed E-state index contributed by atoms with van der Waals surface area (Å²) in [7, 11) is 3.12. The molecule has 5 nitrogen and oxygen atoms in total. The second-order valence-electron chi connectivity index (χ2n) is 6.17. The van der Waals surface area contributed by atoms with E-state index in [0.717, 1.165) is 11.1 Å². The molecule has 0 fully saturated rings. The minimum absolute atomic E-state index is 0.108. The van der Waals surface area contributed by atoms with Gasteiger partial charge in [0.1, 0.15) is 18.1 Å². The Morgan fingerprint density at radius 1 is 1.17 bits per heavy atom. The summed E-state index contributed by atoms with van der Waals surface area (Å²) in [5, 5.41) is 5.68. The maximum atomic E-state index is 12.4. The molecule has 0 heterocycles. The van der Waals surface area contributed by atoms with Crippen LogP contribution in [-0.4, -0.2) is 31.6 Å². The lowest BCUT2D eigenvalue weighted by Crippen LogP contribution is -2.40. The van der Waals surface area contributed by atoms with E-state index in [0.29, 0.717) is 18.0 Å². The molecule has 0 aliphatic rings. The molecule has 0 saturated carbocycles. The first-order valence-corrected chi connectivity index (χ1v) is 9.63. The Morgan fingerprint density at radius 2 is 1.86 bits per heavy atom. The zero-order valence-electron chi connectivity index (χ0n) is 16.3. The van der Waals surface area contributed by atoms with Crippen LogP contribution in [0.4, 0.5) is 13.2 Å². The van der Waals surface area contributed by atoms with E-state index in [9.17, 15) is 18.0 Å². The van der Waals surface area contributed by atoms with E-state index in [2.05, 4.69) is 10.6 Å². The number of hydrogen-bond acceptors (Lipinski definition) is 5. The Labute approximate surface area is 172 Å². The van der Waals surface area contributed by atoms with Crippen LogP contribution in [0.25, 0.3) is 0 Å². The van der Waals surface area contributed by atoms with Crippen molar-refractivity contribution in [3.63, 3.8) is 0 Å². The summed E-state index contributed by atoms with van der Waals surface area (Å²) in [5.74, 6) is 1.07. The number of rotatable bonds is 9. The number of carbonyl (C=O) groups excluding carboxylic acids is 1. The van der Waals surface area contributed by atoms with E-state index in [1.165, 1.54) is 12.1 Å². The first-order valence-electron chi connectivity index (χ1n) is 8.81. The molecule has 2 aromatic carbocycles. The van der Waals surface area contributed by atoms with E-state index < -0.39 is 5.51 Å². The number of amides is 1. The van der Waals surface area contributed by atoms with Crippen LogP contribution in [0.5, 0.6) is 11.5 Å². The van der Waals surface area contributed by atoms with Crippen LogP contribution in [0, 0.1) is 0 Å². The van der Waals surface area contributed by atoms with Crippen LogP contribution < -0.4 is 20.1 Å². The second-order valence-corrected chi connectivity index (χ2v) is 7.31. The van der Waals surface area contributed by atoms with Crippen molar-refractivity contribution in [2.45, 2.75) is 36.5 Å². The summed E-state index contributed by atoms with van der Waals surface area (Å²) in [5.41, 5.74) is -2.69. The van der Waals surface area contributed by atoms with E-state index in [1.54, 1.807) is 45.3 Å². The van der Waals surface area contributed by atoms with Gasteiger partial charge in [0, 0.05) is 30.1 Å². The Morgan fingerprint density at radius 3 is 2.45 bits per heavy atom. The topological polar surface area (TPSA) is 59.6 Å². The average Bonchev–Trinajstić information content (AvgIpc) is 2.69. The highest BCUT2D eigenvalue weighted by Gasteiger charge is 2.29. The molecule has 1 atom stereocenters. The average molecular weight is 428 g/mol. The summed E-state index contributed by atoms with van der Waals surface area (Å²) in [6.45, 7) is 2.42. The van der Waals surface area contributed by atoms with Crippen molar-refractivity contribution in [1.29, 1.82) is 0 Å². The van der Waals surface area contributed by atoms with E-state index in [4.69, 9.17) is 9.47 Å². The van der Waals surface area contributed by atoms with Gasteiger partial charge in [-0.1, -0.05) is 18.2 Å². The van der Waals surface area contributed by atoms with Gasteiger partial charge in [0.25, 0.3) is 0 Å². The quantitative estimate of drug-likeness (QED) is 0.589. The van der Waals surface area contributed by atoms with Crippen molar-refractivity contribution in [2.24, 2.45) is 0 Å². The SMILES string of the molecule is CNC(=O)C(C)NCc1ccc(OCc2ccc(SC(F)(F)F)cc2)cc1OC. The minimum Gasteiger partial charge on any atom is -0.496 e.